The summed E-state index contributed by atoms with van der Waals surface area (Å²) in [5, 5.41) is 11.4. The minimum Gasteiger partial charge on any atom is -0.503 e. The lowest BCUT2D eigenvalue weighted by Gasteiger charge is -2.27. The Hall–Kier alpha value is -2.60. The highest BCUT2D eigenvalue weighted by Gasteiger charge is 2.44. The molecule has 1 amide bonds. The van der Waals surface area contributed by atoms with E-state index in [0.717, 1.165) is 16.5 Å². The van der Waals surface area contributed by atoms with Crippen molar-refractivity contribution in [3.05, 3.63) is 47.4 Å². The van der Waals surface area contributed by atoms with Gasteiger partial charge in [0.25, 0.3) is 5.91 Å². The zero-order chi connectivity index (χ0) is 19.7. The van der Waals surface area contributed by atoms with Crippen molar-refractivity contribution < 1.29 is 19.4 Å². The number of aliphatic hydroxyl groups excluding tert-OH is 1. The molecule has 1 unspecified atom stereocenters. The van der Waals surface area contributed by atoms with Crippen LogP contribution in [0, 0.1) is 5.92 Å². The van der Waals surface area contributed by atoms with Gasteiger partial charge in [0.15, 0.2) is 11.5 Å². The Bertz CT molecular complexity index is 894. The van der Waals surface area contributed by atoms with E-state index in [2.05, 4.69) is 4.98 Å². The summed E-state index contributed by atoms with van der Waals surface area (Å²) in [4.78, 5) is 30.3. The van der Waals surface area contributed by atoms with Gasteiger partial charge in [-0.05, 0) is 19.9 Å². The van der Waals surface area contributed by atoms with Gasteiger partial charge in [0.1, 0.15) is 0 Å². The maximum Gasteiger partial charge on any atom is 0.290 e. The fourth-order valence-electron chi connectivity index (χ4n) is 3.48. The van der Waals surface area contributed by atoms with Crippen molar-refractivity contribution in [2.75, 3.05) is 13.2 Å². The number of fused-ring (bicyclic) bond motifs is 1. The molecule has 0 saturated carbocycles. The van der Waals surface area contributed by atoms with Gasteiger partial charge < -0.3 is 19.7 Å². The Morgan fingerprint density at radius 2 is 1.96 bits per heavy atom. The number of ether oxygens (including phenoxy) is 1. The number of rotatable bonds is 7. The standard InChI is InChI=1S/C21H26N2O4/c1-12(2)19(24)17-18(15-11-22-16-8-6-5-7-14(15)16)23(21(26)20(17)25)9-10-27-13(3)4/h5-8,11-13,18,22,25H,9-10H2,1-4H3. The van der Waals surface area contributed by atoms with Crippen LogP contribution in [-0.4, -0.2) is 45.9 Å². The van der Waals surface area contributed by atoms with Gasteiger partial charge in [0.05, 0.1) is 24.3 Å². The first-order valence-electron chi connectivity index (χ1n) is 9.28. The third-order valence-corrected chi connectivity index (χ3v) is 4.79. The number of para-hydroxylation sites is 1. The molecule has 0 fully saturated rings. The van der Waals surface area contributed by atoms with E-state index in [9.17, 15) is 14.7 Å². The molecule has 1 aromatic heterocycles. The molecule has 0 radical (unpaired) electrons. The largest absolute Gasteiger partial charge is 0.503 e. The second-order valence-corrected chi connectivity index (χ2v) is 7.39. The van der Waals surface area contributed by atoms with Gasteiger partial charge in [-0.15, -0.1) is 0 Å². The monoisotopic (exact) mass is 370 g/mol. The van der Waals surface area contributed by atoms with Gasteiger partial charge in [0.2, 0.25) is 0 Å². The van der Waals surface area contributed by atoms with Crippen molar-refractivity contribution >= 4 is 22.6 Å². The van der Waals surface area contributed by atoms with Crippen molar-refractivity contribution in [1.82, 2.24) is 9.88 Å². The molecular formula is C21H26N2O4. The maximum atomic E-state index is 12.8. The van der Waals surface area contributed by atoms with Gasteiger partial charge >= 0.3 is 0 Å². The number of nitrogens with zero attached hydrogens (tertiary/aromatic N) is 1. The molecule has 3 rings (SSSR count). The van der Waals surface area contributed by atoms with E-state index in [1.54, 1.807) is 13.8 Å². The van der Waals surface area contributed by atoms with Crippen molar-refractivity contribution in [3.8, 4) is 0 Å². The minimum absolute atomic E-state index is 0.0348. The fourth-order valence-corrected chi connectivity index (χ4v) is 3.48. The molecule has 1 aliphatic rings. The Labute approximate surface area is 158 Å². The number of carbonyl (C=O) groups excluding carboxylic acids is 2. The van der Waals surface area contributed by atoms with E-state index in [0.29, 0.717) is 13.2 Å². The number of benzene rings is 1. The number of ketones is 1. The third kappa shape index (κ3) is 3.49. The SMILES string of the molecule is CC(C)OCCN1C(=O)C(O)=C(C(=O)C(C)C)C1c1c[nH]c2ccccc12. The van der Waals surface area contributed by atoms with Crippen LogP contribution in [-0.2, 0) is 14.3 Å². The summed E-state index contributed by atoms with van der Waals surface area (Å²) in [6.45, 7) is 8.01. The number of Topliss-reactive ketones (excluding diaryl/α,β-unsaturated/α-hetero) is 1. The average molecular weight is 370 g/mol. The summed E-state index contributed by atoms with van der Waals surface area (Å²) in [7, 11) is 0. The lowest BCUT2D eigenvalue weighted by molar-refractivity contribution is -0.130. The molecule has 1 atom stereocenters. The average Bonchev–Trinajstić information content (AvgIpc) is 3.15. The van der Waals surface area contributed by atoms with E-state index < -0.39 is 17.7 Å². The summed E-state index contributed by atoms with van der Waals surface area (Å²) < 4.78 is 5.60. The van der Waals surface area contributed by atoms with Crippen LogP contribution in [0.5, 0.6) is 0 Å². The highest BCUT2D eigenvalue weighted by molar-refractivity contribution is 6.10. The molecule has 2 heterocycles. The number of amides is 1. The van der Waals surface area contributed by atoms with Gasteiger partial charge in [-0.25, -0.2) is 0 Å². The van der Waals surface area contributed by atoms with Crippen LogP contribution in [0.4, 0.5) is 0 Å². The normalized spacial score (nSPS) is 17.8. The summed E-state index contributed by atoms with van der Waals surface area (Å²) in [6, 6.07) is 7.09. The Kier molecular flexibility index (Phi) is 5.37. The van der Waals surface area contributed by atoms with Crippen molar-refractivity contribution in [2.24, 2.45) is 5.92 Å². The molecule has 0 bridgehead atoms. The van der Waals surface area contributed by atoms with E-state index >= 15 is 0 Å². The number of H-pyrrole nitrogens is 1. The topological polar surface area (TPSA) is 82.6 Å². The van der Waals surface area contributed by atoms with Gasteiger partial charge in [0, 0.05) is 35.1 Å². The summed E-state index contributed by atoms with van der Waals surface area (Å²) in [6.07, 6.45) is 1.85. The van der Waals surface area contributed by atoms with Crippen LogP contribution in [0.15, 0.2) is 41.8 Å². The highest BCUT2D eigenvalue weighted by Crippen LogP contribution is 2.41. The summed E-state index contributed by atoms with van der Waals surface area (Å²) >= 11 is 0. The first kappa shape index (κ1) is 19.2. The lowest BCUT2D eigenvalue weighted by atomic mass is 9.91. The Morgan fingerprint density at radius 3 is 2.63 bits per heavy atom. The Morgan fingerprint density at radius 1 is 1.26 bits per heavy atom. The molecule has 2 aromatic rings. The van der Waals surface area contributed by atoms with E-state index in [1.165, 1.54) is 4.90 Å². The second-order valence-electron chi connectivity index (χ2n) is 7.39. The van der Waals surface area contributed by atoms with Crippen LogP contribution in [0.3, 0.4) is 0 Å². The van der Waals surface area contributed by atoms with Crippen LogP contribution in [0.1, 0.15) is 39.3 Å². The first-order chi connectivity index (χ1) is 12.8. The van der Waals surface area contributed by atoms with Crippen molar-refractivity contribution in [1.29, 1.82) is 0 Å². The molecular weight excluding hydrogens is 344 g/mol. The van der Waals surface area contributed by atoms with E-state index in [4.69, 9.17) is 4.74 Å². The molecule has 6 nitrogen and oxygen atoms in total. The zero-order valence-electron chi connectivity index (χ0n) is 16.2. The highest BCUT2D eigenvalue weighted by atomic mass is 16.5. The molecule has 0 saturated heterocycles. The maximum absolute atomic E-state index is 12.8. The third-order valence-electron chi connectivity index (χ3n) is 4.79. The minimum atomic E-state index is -0.626. The number of aromatic nitrogens is 1. The van der Waals surface area contributed by atoms with Gasteiger partial charge in [-0.2, -0.15) is 0 Å². The summed E-state index contributed by atoms with van der Waals surface area (Å²) in [5.41, 5.74) is 1.89. The van der Waals surface area contributed by atoms with Crippen LogP contribution < -0.4 is 0 Å². The second kappa shape index (κ2) is 7.56. The smallest absolute Gasteiger partial charge is 0.290 e. The molecule has 2 N–H and O–H groups in total. The molecule has 27 heavy (non-hydrogen) atoms. The molecule has 1 aromatic carbocycles. The fraction of sp³-hybridized carbons (Fsp3) is 0.429. The molecule has 6 heteroatoms. The number of carbonyl (C=O) groups is 2. The van der Waals surface area contributed by atoms with Crippen molar-refractivity contribution in [2.45, 2.75) is 39.8 Å². The zero-order valence-corrected chi connectivity index (χ0v) is 16.2. The Balaban J connectivity index is 2.06. The van der Waals surface area contributed by atoms with Crippen molar-refractivity contribution in [3.63, 3.8) is 0 Å². The number of aromatic amines is 1. The van der Waals surface area contributed by atoms with Crippen LogP contribution in [0.2, 0.25) is 0 Å². The van der Waals surface area contributed by atoms with E-state index in [-0.39, 0.29) is 23.4 Å². The first-order valence-corrected chi connectivity index (χ1v) is 9.28. The number of hydrogen-bond acceptors (Lipinski definition) is 4. The lowest BCUT2D eigenvalue weighted by Crippen LogP contribution is -2.34. The van der Waals surface area contributed by atoms with E-state index in [1.807, 2.05) is 44.3 Å². The molecule has 144 valence electrons. The molecule has 0 spiro atoms. The number of aliphatic hydroxyl groups is 1. The predicted molar refractivity (Wildman–Crippen MR) is 103 cm³/mol. The van der Waals surface area contributed by atoms with Crippen LogP contribution in [0.25, 0.3) is 10.9 Å². The van der Waals surface area contributed by atoms with Crippen LogP contribution >= 0.6 is 0 Å². The molecule has 1 aliphatic heterocycles. The predicted octanol–water partition coefficient (Wildman–Crippen LogP) is 3.51. The quantitative estimate of drug-likeness (QED) is 0.781. The number of nitrogens with one attached hydrogen (secondary N) is 1. The van der Waals surface area contributed by atoms with Gasteiger partial charge in [-0.1, -0.05) is 32.0 Å². The van der Waals surface area contributed by atoms with Gasteiger partial charge in [-0.3, -0.25) is 9.59 Å². The summed E-state index contributed by atoms with van der Waals surface area (Å²) in [5.74, 6) is -1.52. The molecule has 0 aliphatic carbocycles. The number of hydrogen-bond donors (Lipinski definition) is 2.